The maximum Gasteiger partial charge on any atom is 0.0974 e. The van der Waals surface area contributed by atoms with E-state index in [1.807, 2.05) is 0 Å². The second-order valence-corrected chi connectivity index (χ2v) is 6.47. The molecule has 1 unspecified atom stereocenters. The second-order valence-electron chi connectivity index (χ2n) is 6.47. The lowest BCUT2D eigenvalue weighted by atomic mass is 10.1. The first-order chi connectivity index (χ1) is 12.1. The lowest BCUT2D eigenvalue weighted by Crippen LogP contribution is -2.51. The molecule has 0 aliphatic heterocycles. The lowest BCUT2D eigenvalue weighted by Gasteiger charge is -2.07. The third kappa shape index (κ3) is 28.2. The zero-order valence-corrected chi connectivity index (χ0v) is 16.3. The molecular weight excluding hydrogens is 318 g/mol. The molecule has 5 nitrogen and oxygen atoms in total. The van der Waals surface area contributed by atoms with Gasteiger partial charge in [-0.05, 0) is 38.5 Å². The Hall–Kier alpha value is -0.910. The fourth-order valence-corrected chi connectivity index (χ4v) is 2.36. The molecule has 0 saturated heterocycles. The van der Waals surface area contributed by atoms with Gasteiger partial charge < -0.3 is 25.8 Å². The molecule has 0 aromatic rings. The van der Waals surface area contributed by atoms with Crippen molar-refractivity contribution in [2.45, 2.75) is 96.5 Å². The summed E-state index contributed by atoms with van der Waals surface area (Å²) in [5, 5.41) is 27.8. The largest absolute Gasteiger partial charge is 0.550 e. The lowest BCUT2D eigenvalue weighted by molar-refractivity contribution is -0.372. The van der Waals surface area contributed by atoms with Crippen molar-refractivity contribution in [2.24, 2.45) is 0 Å². The number of aliphatic carboxylic acids is 1. The predicted molar refractivity (Wildman–Crippen MR) is 101 cm³/mol. The van der Waals surface area contributed by atoms with Gasteiger partial charge in [-0.3, -0.25) is 0 Å². The van der Waals surface area contributed by atoms with Crippen LogP contribution in [0.3, 0.4) is 0 Å². The molecule has 0 aliphatic rings. The quantitative estimate of drug-likeness (QED) is 0.289. The van der Waals surface area contributed by atoms with Crippen molar-refractivity contribution in [3.05, 3.63) is 12.2 Å². The van der Waals surface area contributed by atoms with Crippen molar-refractivity contribution in [3.63, 3.8) is 0 Å². The molecule has 0 amide bonds. The van der Waals surface area contributed by atoms with Crippen LogP contribution in [0.25, 0.3) is 0 Å². The van der Waals surface area contributed by atoms with E-state index in [0.29, 0.717) is 6.54 Å². The van der Waals surface area contributed by atoms with E-state index in [1.165, 1.54) is 19.3 Å². The highest BCUT2D eigenvalue weighted by atomic mass is 16.4. The van der Waals surface area contributed by atoms with Crippen molar-refractivity contribution < 1.29 is 25.8 Å². The number of aliphatic hydroxyl groups excluding tert-OH is 2. The number of aliphatic hydroxyl groups is 2. The highest BCUT2D eigenvalue weighted by molar-refractivity contribution is 5.63. The molecule has 0 aliphatic carbocycles. The summed E-state index contributed by atoms with van der Waals surface area (Å²) in [4.78, 5) is 10.2. The van der Waals surface area contributed by atoms with E-state index in [-0.39, 0.29) is 19.1 Å². The van der Waals surface area contributed by atoms with Gasteiger partial charge in [-0.15, -0.1) is 0 Å². The molecule has 0 radical (unpaired) electrons. The van der Waals surface area contributed by atoms with E-state index in [2.05, 4.69) is 24.8 Å². The summed E-state index contributed by atoms with van der Waals surface area (Å²) < 4.78 is 0. The molecule has 0 aromatic carbocycles. The first-order valence-electron chi connectivity index (χ1n) is 10.0. The minimum Gasteiger partial charge on any atom is -0.550 e. The number of hydrogen-bond acceptors (Lipinski definition) is 4. The fourth-order valence-electron chi connectivity index (χ4n) is 2.36. The molecular formula is C20H41NO4. The number of allylic oxidation sites excluding steroid dienone is 1. The number of carbonyl (C=O) groups excluding carboxylic acids is 1. The van der Waals surface area contributed by atoms with Crippen LogP contribution in [0.1, 0.15) is 90.4 Å². The van der Waals surface area contributed by atoms with Crippen LogP contribution < -0.4 is 10.8 Å². The van der Waals surface area contributed by atoms with Gasteiger partial charge in [0.2, 0.25) is 0 Å². The summed E-state index contributed by atoms with van der Waals surface area (Å²) in [6.07, 6.45) is 17.0. The van der Waals surface area contributed by atoms with E-state index >= 15 is 0 Å². The third-order valence-corrected chi connectivity index (χ3v) is 3.88. The van der Waals surface area contributed by atoms with Crippen molar-refractivity contribution in [1.29, 1.82) is 0 Å². The van der Waals surface area contributed by atoms with E-state index in [4.69, 9.17) is 5.11 Å². The first kappa shape index (κ1) is 26.3. The Bertz CT molecular complexity index is 293. The van der Waals surface area contributed by atoms with Crippen LogP contribution in [-0.4, -0.2) is 35.4 Å². The second kappa shape index (κ2) is 23.1. The maximum atomic E-state index is 10.2. The minimum atomic E-state index is -0.939. The molecule has 5 N–H and O–H groups in total. The van der Waals surface area contributed by atoms with Crippen LogP contribution >= 0.6 is 0 Å². The van der Waals surface area contributed by atoms with Crippen molar-refractivity contribution in [2.75, 3.05) is 13.2 Å². The Labute approximate surface area is 154 Å². The van der Waals surface area contributed by atoms with Crippen molar-refractivity contribution >= 4 is 5.97 Å². The molecule has 0 heterocycles. The third-order valence-electron chi connectivity index (χ3n) is 3.88. The summed E-state index contributed by atoms with van der Waals surface area (Å²) in [5.74, 6) is -0.939. The average molecular weight is 360 g/mol. The predicted octanol–water partition coefficient (Wildman–Crippen LogP) is 1.97. The van der Waals surface area contributed by atoms with E-state index in [1.54, 1.807) is 0 Å². The zero-order chi connectivity index (χ0) is 19.2. The monoisotopic (exact) mass is 359 g/mol. The van der Waals surface area contributed by atoms with Gasteiger partial charge in [0.15, 0.2) is 0 Å². The summed E-state index contributed by atoms with van der Waals surface area (Å²) in [7, 11) is 0. The molecule has 0 rings (SSSR count). The molecule has 1 atom stereocenters. The van der Waals surface area contributed by atoms with Gasteiger partial charge in [-0.2, -0.15) is 0 Å². The van der Waals surface area contributed by atoms with Crippen LogP contribution in [0.15, 0.2) is 12.2 Å². The van der Waals surface area contributed by atoms with Crippen LogP contribution in [0, 0.1) is 0 Å². The number of quaternary nitrogens is 1. The molecule has 0 fully saturated rings. The highest BCUT2D eigenvalue weighted by Crippen LogP contribution is 2.10. The van der Waals surface area contributed by atoms with Crippen molar-refractivity contribution in [3.8, 4) is 0 Å². The molecule has 5 heteroatoms. The Kier molecular flexibility index (Phi) is 24.3. The number of carbonyl (C=O) groups is 1. The molecule has 25 heavy (non-hydrogen) atoms. The van der Waals surface area contributed by atoms with Crippen molar-refractivity contribution in [1.82, 2.24) is 0 Å². The van der Waals surface area contributed by atoms with E-state index < -0.39 is 5.97 Å². The zero-order valence-electron chi connectivity index (χ0n) is 16.3. The van der Waals surface area contributed by atoms with Gasteiger partial charge in [0.05, 0.1) is 19.3 Å². The van der Waals surface area contributed by atoms with Crippen LogP contribution in [0.2, 0.25) is 0 Å². The highest BCUT2D eigenvalue weighted by Gasteiger charge is 2.00. The van der Waals surface area contributed by atoms with Crippen LogP contribution in [0.4, 0.5) is 0 Å². The summed E-state index contributed by atoms with van der Waals surface area (Å²) in [6.45, 7) is 3.03. The Balaban J connectivity index is 0. The number of rotatable bonds is 16. The number of hydrogen-bond donors (Lipinski definition) is 3. The minimum absolute atomic E-state index is 0.178. The smallest absolute Gasteiger partial charge is 0.0974 e. The van der Waals surface area contributed by atoms with Gasteiger partial charge >= 0.3 is 0 Å². The van der Waals surface area contributed by atoms with Gasteiger partial charge in [0.1, 0.15) is 0 Å². The van der Waals surface area contributed by atoms with Crippen LogP contribution in [-0.2, 0) is 4.79 Å². The topological polar surface area (TPSA) is 108 Å². The van der Waals surface area contributed by atoms with E-state index in [9.17, 15) is 15.0 Å². The van der Waals surface area contributed by atoms with Gasteiger partial charge in [-0.25, -0.2) is 0 Å². The first-order valence-corrected chi connectivity index (χ1v) is 10.0. The summed E-state index contributed by atoms with van der Waals surface area (Å²) in [6, 6.07) is 0. The van der Waals surface area contributed by atoms with E-state index in [0.717, 1.165) is 57.8 Å². The average Bonchev–Trinajstić information content (AvgIpc) is 2.60. The molecule has 0 bridgehead atoms. The molecule has 0 aromatic heterocycles. The maximum absolute atomic E-state index is 10.2. The SMILES string of the molecule is CCCCCCC(O)CC=CCCCCCCCC(=O)[O-].[NH3+]CCO. The fraction of sp³-hybridized carbons (Fsp3) is 0.850. The summed E-state index contributed by atoms with van der Waals surface area (Å²) in [5.41, 5.74) is 3.35. The Morgan fingerprint density at radius 2 is 1.64 bits per heavy atom. The number of unbranched alkanes of at least 4 members (excludes halogenated alkanes) is 8. The molecule has 150 valence electrons. The normalized spacial score (nSPS) is 12.0. The molecule has 0 saturated carbocycles. The van der Waals surface area contributed by atoms with Gasteiger partial charge in [-0.1, -0.05) is 64.0 Å². The number of carboxylic acid groups (broad SMARTS) is 1. The van der Waals surface area contributed by atoms with Gasteiger partial charge in [0.25, 0.3) is 0 Å². The Morgan fingerprint density at radius 3 is 2.24 bits per heavy atom. The van der Waals surface area contributed by atoms with Gasteiger partial charge in [0, 0.05) is 5.97 Å². The summed E-state index contributed by atoms with van der Waals surface area (Å²) >= 11 is 0. The van der Waals surface area contributed by atoms with Crippen LogP contribution in [0.5, 0.6) is 0 Å². The number of carboxylic acids is 1. The standard InChI is InChI=1S/C18H34O3.C2H7NO/c1-2-3-4-11-14-17(19)15-12-9-7-5-6-8-10-13-16-18(20)21;3-1-2-4/h9,12,17,19H,2-8,10-11,13-16H2,1H3,(H,20,21);4H,1-3H2. The Morgan fingerprint density at radius 1 is 1.04 bits per heavy atom. The molecule has 0 spiro atoms.